The zero-order valence-corrected chi connectivity index (χ0v) is 11.0. The number of carboxylic acids is 1. The van der Waals surface area contributed by atoms with Gasteiger partial charge in [-0.1, -0.05) is 40.0 Å². The van der Waals surface area contributed by atoms with Crippen LogP contribution in [0, 0.1) is 5.41 Å². The van der Waals surface area contributed by atoms with Crippen molar-refractivity contribution < 1.29 is 9.90 Å². The highest BCUT2D eigenvalue weighted by Crippen LogP contribution is 2.45. The molecule has 0 saturated heterocycles. The van der Waals surface area contributed by atoms with Crippen LogP contribution in [0.25, 0.3) is 0 Å². The molecule has 0 aliphatic heterocycles. The van der Waals surface area contributed by atoms with E-state index in [1.807, 2.05) is 18.2 Å². The Morgan fingerprint density at radius 2 is 2.19 bits per heavy atom. The fourth-order valence-electron chi connectivity index (χ4n) is 2.10. The lowest BCUT2D eigenvalue weighted by Crippen LogP contribution is -2.39. The Kier molecular flexibility index (Phi) is 3.27. The van der Waals surface area contributed by atoms with Gasteiger partial charge in [0.1, 0.15) is 0 Å². The molecule has 0 amide bonds. The lowest BCUT2D eigenvalue weighted by Gasteiger charge is -2.38. The summed E-state index contributed by atoms with van der Waals surface area (Å²) in [5.74, 6) is -0.697. The molecule has 4 heteroatoms. The minimum absolute atomic E-state index is 0.536. The minimum atomic E-state index is -0.697. The Morgan fingerprint density at radius 1 is 1.50 bits per heavy atom. The van der Waals surface area contributed by atoms with E-state index in [9.17, 15) is 9.90 Å². The Morgan fingerprint density at radius 3 is 2.62 bits per heavy atom. The number of rotatable bonds is 3. The molecular weight excluding hydrogens is 291 g/mol. The second-order valence-corrected chi connectivity index (χ2v) is 5.67. The van der Waals surface area contributed by atoms with Gasteiger partial charge in [0, 0.05) is 9.50 Å². The molecule has 2 nitrogen and oxygen atoms in total. The van der Waals surface area contributed by atoms with Gasteiger partial charge in [-0.3, -0.25) is 4.79 Å². The molecule has 0 heterocycles. The first-order valence-electron chi connectivity index (χ1n) is 5.21. The van der Waals surface area contributed by atoms with Crippen molar-refractivity contribution in [3.63, 3.8) is 0 Å². The summed E-state index contributed by atoms with van der Waals surface area (Å²) in [5.41, 5.74) is 0.351. The fourth-order valence-corrected chi connectivity index (χ4v) is 2.84. The third kappa shape index (κ3) is 2.11. The largest absolute Gasteiger partial charge is 0.481 e. The van der Waals surface area contributed by atoms with Gasteiger partial charge < -0.3 is 5.11 Å². The number of benzene rings is 1. The third-order valence-corrected chi connectivity index (χ3v) is 4.15. The van der Waals surface area contributed by atoms with E-state index in [1.165, 1.54) is 0 Å². The Bertz CT molecular complexity index is 427. The second kappa shape index (κ2) is 4.38. The van der Waals surface area contributed by atoms with Crippen molar-refractivity contribution in [2.24, 2.45) is 5.41 Å². The van der Waals surface area contributed by atoms with Crippen LogP contribution in [0.1, 0.15) is 24.8 Å². The highest BCUT2D eigenvalue weighted by Gasteiger charge is 2.44. The van der Waals surface area contributed by atoms with Crippen molar-refractivity contribution in [3.05, 3.63) is 33.3 Å². The van der Waals surface area contributed by atoms with Crippen molar-refractivity contribution in [1.29, 1.82) is 0 Å². The number of hydrogen-bond donors (Lipinski definition) is 1. The molecule has 1 saturated carbocycles. The van der Waals surface area contributed by atoms with Crippen LogP contribution in [0.5, 0.6) is 0 Å². The summed E-state index contributed by atoms with van der Waals surface area (Å²) < 4.78 is 0.916. The molecule has 0 bridgehead atoms. The standard InChI is InChI=1S/C12H12BrClO2/c13-9-3-2-8(10(14)6-9)7-12(11(15)16)4-1-5-12/h2-3,6H,1,4-5,7H2,(H,15,16). The summed E-state index contributed by atoms with van der Waals surface area (Å²) in [6.07, 6.45) is 3.05. The van der Waals surface area contributed by atoms with Crippen LogP contribution in [0.2, 0.25) is 5.02 Å². The van der Waals surface area contributed by atoms with Crippen molar-refractivity contribution in [3.8, 4) is 0 Å². The quantitative estimate of drug-likeness (QED) is 0.919. The molecule has 2 rings (SSSR count). The molecule has 0 radical (unpaired) electrons. The summed E-state index contributed by atoms with van der Waals surface area (Å²) in [6, 6.07) is 5.61. The van der Waals surface area contributed by atoms with Crippen LogP contribution >= 0.6 is 27.5 Å². The fraction of sp³-hybridized carbons (Fsp3) is 0.417. The lowest BCUT2D eigenvalue weighted by atomic mass is 9.65. The van der Waals surface area contributed by atoms with Crippen LogP contribution in [0.15, 0.2) is 22.7 Å². The van der Waals surface area contributed by atoms with E-state index in [2.05, 4.69) is 15.9 Å². The maximum atomic E-state index is 11.2. The summed E-state index contributed by atoms with van der Waals surface area (Å²) in [4.78, 5) is 11.2. The predicted molar refractivity (Wildman–Crippen MR) is 66.8 cm³/mol. The molecule has 1 N–H and O–H groups in total. The van der Waals surface area contributed by atoms with Gasteiger partial charge in [-0.15, -0.1) is 0 Å². The number of carboxylic acid groups (broad SMARTS) is 1. The molecule has 1 aromatic carbocycles. The first-order chi connectivity index (χ1) is 7.53. The first kappa shape index (κ1) is 11.9. The third-order valence-electron chi connectivity index (χ3n) is 3.31. The molecule has 1 fully saturated rings. The number of aliphatic carboxylic acids is 1. The SMILES string of the molecule is O=C(O)C1(Cc2ccc(Br)cc2Cl)CCC1. The van der Waals surface area contributed by atoms with E-state index < -0.39 is 11.4 Å². The number of halogens is 2. The Hall–Kier alpha value is -0.540. The highest BCUT2D eigenvalue weighted by molar-refractivity contribution is 9.10. The van der Waals surface area contributed by atoms with Crippen LogP contribution in [0.3, 0.4) is 0 Å². The van der Waals surface area contributed by atoms with Gasteiger partial charge in [-0.2, -0.15) is 0 Å². The maximum absolute atomic E-state index is 11.2. The normalized spacial score (nSPS) is 17.9. The average Bonchev–Trinajstić information content (AvgIpc) is 2.13. The average molecular weight is 304 g/mol. The van der Waals surface area contributed by atoms with Gasteiger partial charge >= 0.3 is 5.97 Å². The molecule has 1 aliphatic rings. The molecule has 0 spiro atoms. The molecular formula is C12H12BrClO2. The van der Waals surface area contributed by atoms with E-state index in [1.54, 1.807) is 0 Å². The van der Waals surface area contributed by atoms with Crippen LogP contribution in [-0.2, 0) is 11.2 Å². The first-order valence-corrected chi connectivity index (χ1v) is 6.38. The topological polar surface area (TPSA) is 37.3 Å². The zero-order valence-electron chi connectivity index (χ0n) is 8.67. The molecule has 0 unspecified atom stereocenters. The van der Waals surface area contributed by atoms with Gasteiger partial charge in [0.05, 0.1) is 5.41 Å². The van der Waals surface area contributed by atoms with E-state index in [4.69, 9.17) is 11.6 Å². The van der Waals surface area contributed by atoms with Crippen LogP contribution < -0.4 is 0 Å². The number of hydrogen-bond acceptors (Lipinski definition) is 1. The molecule has 16 heavy (non-hydrogen) atoms. The Balaban J connectivity index is 2.23. The van der Waals surface area contributed by atoms with E-state index >= 15 is 0 Å². The summed E-state index contributed by atoms with van der Waals surface area (Å²) in [5, 5.41) is 9.88. The predicted octanol–water partition coefficient (Wildman–Crippen LogP) is 3.90. The van der Waals surface area contributed by atoms with Gasteiger partial charge in [-0.25, -0.2) is 0 Å². The summed E-state index contributed by atoms with van der Waals surface area (Å²) >= 11 is 9.43. The summed E-state index contributed by atoms with van der Waals surface area (Å²) in [6.45, 7) is 0. The van der Waals surface area contributed by atoms with Gasteiger partial charge in [-0.05, 0) is 37.0 Å². The van der Waals surface area contributed by atoms with Crippen molar-refractivity contribution in [2.75, 3.05) is 0 Å². The molecule has 0 atom stereocenters. The highest BCUT2D eigenvalue weighted by atomic mass is 79.9. The molecule has 1 aromatic rings. The second-order valence-electron chi connectivity index (χ2n) is 4.35. The van der Waals surface area contributed by atoms with Crippen molar-refractivity contribution in [1.82, 2.24) is 0 Å². The van der Waals surface area contributed by atoms with Crippen molar-refractivity contribution in [2.45, 2.75) is 25.7 Å². The Labute approximate surface area is 108 Å². The maximum Gasteiger partial charge on any atom is 0.309 e. The van der Waals surface area contributed by atoms with Crippen LogP contribution in [0.4, 0.5) is 0 Å². The van der Waals surface area contributed by atoms with Gasteiger partial charge in [0.25, 0.3) is 0 Å². The molecule has 86 valence electrons. The molecule has 0 aromatic heterocycles. The molecule has 1 aliphatic carbocycles. The summed E-state index contributed by atoms with van der Waals surface area (Å²) in [7, 11) is 0. The van der Waals surface area contributed by atoms with E-state index in [0.717, 1.165) is 29.3 Å². The van der Waals surface area contributed by atoms with Crippen LogP contribution in [-0.4, -0.2) is 11.1 Å². The number of carbonyl (C=O) groups is 1. The van der Waals surface area contributed by atoms with E-state index in [0.29, 0.717) is 11.4 Å². The minimum Gasteiger partial charge on any atom is -0.481 e. The van der Waals surface area contributed by atoms with Crippen molar-refractivity contribution >= 4 is 33.5 Å². The lowest BCUT2D eigenvalue weighted by molar-refractivity contribution is -0.154. The van der Waals surface area contributed by atoms with Gasteiger partial charge in [0.2, 0.25) is 0 Å². The zero-order chi connectivity index (χ0) is 11.8. The van der Waals surface area contributed by atoms with Gasteiger partial charge in [0.15, 0.2) is 0 Å². The van der Waals surface area contributed by atoms with E-state index in [-0.39, 0.29) is 0 Å². The monoisotopic (exact) mass is 302 g/mol. The smallest absolute Gasteiger partial charge is 0.309 e.